The molecule has 1 unspecified atom stereocenters. The summed E-state index contributed by atoms with van der Waals surface area (Å²) in [5.41, 5.74) is 1.31. The van der Waals surface area contributed by atoms with E-state index in [4.69, 9.17) is 4.43 Å². The van der Waals surface area contributed by atoms with E-state index in [-0.39, 0.29) is 0 Å². The largest absolute Gasteiger partial charge is 0.416 e. The Morgan fingerprint density at radius 1 is 1.13 bits per heavy atom. The van der Waals surface area contributed by atoms with Crippen molar-refractivity contribution in [2.45, 2.75) is 45.4 Å². The first-order valence-electron chi connectivity index (χ1n) is 6.02. The molecule has 0 fully saturated rings. The van der Waals surface area contributed by atoms with Gasteiger partial charge in [0.1, 0.15) is 0 Å². The second-order valence-corrected chi connectivity index (χ2v) is 6.94. The fourth-order valence-electron chi connectivity index (χ4n) is 1.63. The molecule has 1 aromatic rings. The Balaban J connectivity index is 2.28. The Kier molecular flexibility index (Phi) is 6.36. The zero-order valence-electron chi connectivity index (χ0n) is 9.91. The van der Waals surface area contributed by atoms with Crippen molar-refractivity contribution in [3.63, 3.8) is 0 Å². The zero-order valence-corrected chi connectivity index (χ0v) is 11.1. The summed E-state index contributed by atoms with van der Waals surface area (Å²) in [4.78, 5) is 0. The predicted molar refractivity (Wildman–Crippen MR) is 68.6 cm³/mol. The summed E-state index contributed by atoms with van der Waals surface area (Å²) >= 11 is 0. The van der Waals surface area contributed by atoms with Crippen LogP contribution in [-0.2, 0) is 11.0 Å². The Hall–Kier alpha value is -0.603. The van der Waals surface area contributed by atoms with E-state index in [9.17, 15) is 0 Å². The van der Waals surface area contributed by atoms with Crippen molar-refractivity contribution < 1.29 is 4.43 Å². The van der Waals surface area contributed by atoms with Crippen molar-refractivity contribution >= 4 is 9.04 Å². The van der Waals surface area contributed by atoms with Gasteiger partial charge in [0.15, 0.2) is 9.04 Å². The van der Waals surface area contributed by atoms with Crippen LogP contribution >= 0.6 is 0 Å². The number of hydrogen-bond donors (Lipinski definition) is 0. The van der Waals surface area contributed by atoms with Crippen LogP contribution in [0.1, 0.15) is 32.3 Å². The summed E-state index contributed by atoms with van der Waals surface area (Å²) in [6.07, 6.45) is 2.62. The third kappa shape index (κ3) is 5.14. The molecule has 0 heterocycles. The Morgan fingerprint density at radius 2 is 1.87 bits per heavy atom. The third-order valence-electron chi connectivity index (χ3n) is 2.66. The minimum atomic E-state index is -0.900. The maximum atomic E-state index is 6.02. The van der Waals surface area contributed by atoms with Gasteiger partial charge in [-0.1, -0.05) is 57.0 Å². The molecule has 1 atom stereocenters. The summed E-state index contributed by atoms with van der Waals surface area (Å²) in [5, 5.41) is 0. The second-order valence-electron chi connectivity index (χ2n) is 3.97. The molecule has 2 heteroatoms. The molecule has 0 saturated carbocycles. The molecule has 0 aliphatic rings. The van der Waals surface area contributed by atoms with Crippen LogP contribution in [0.4, 0.5) is 0 Å². The van der Waals surface area contributed by atoms with Crippen molar-refractivity contribution in [2.75, 3.05) is 0 Å². The highest BCUT2D eigenvalue weighted by atomic mass is 28.3. The standard InChI is InChI=1S/C13H22OSi/c1-3-5-11-15(4-2)14-12-13-9-7-6-8-10-13/h6-10,15H,3-5,11-12H2,1-2H3. The molecule has 0 saturated heterocycles. The summed E-state index contributed by atoms with van der Waals surface area (Å²) < 4.78 is 6.02. The predicted octanol–water partition coefficient (Wildman–Crippen LogP) is 3.75. The molecule has 84 valence electrons. The summed E-state index contributed by atoms with van der Waals surface area (Å²) in [7, 11) is -0.900. The van der Waals surface area contributed by atoms with Crippen LogP contribution in [0.2, 0.25) is 12.1 Å². The lowest BCUT2D eigenvalue weighted by Crippen LogP contribution is -2.16. The van der Waals surface area contributed by atoms with Gasteiger partial charge in [-0.2, -0.15) is 0 Å². The summed E-state index contributed by atoms with van der Waals surface area (Å²) in [5.74, 6) is 0. The summed E-state index contributed by atoms with van der Waals surface area (Å²) in [6.45, 7) is 5.32. The van der Waals surface area contributed by atoms with Crippen LogP contribution in [0.3, 0.4) is 0 Å². The van der Waals surface area contributed by atoms with E-state index in [1.807, 2.05) is 0 Å². The molecule has 0 bridgehead atoms. The minimum Gasteiger partial charge on any atom is -0.416 e. The molecular weight excluding hydrogens is 200 g/mol. The van der Waals surface area contributed by atoms with E-state index < -0.39 is 9.04 Å². The van der Waals surface area contributed by atoms with Crippen LogP contribution in [0.5, 0.6) is 0 Å². The van der Waals surface area contributed by atoms with E-state index in [2.05, 4.69) is 44.2 Å². The van der Waals surface area contributed by atoms with Gasteiger partial charge in [-0.3, -0.25) is 0 Å². The van der Waals surface area contributed by atoms with Gasteiger partial charge < -0.3 is 4.43 Å². The molecule has 0 radical (unpaired) electrons. The van der Waals surface area contributed by atoms with E-state index in [0.717, 1.165) is 6.61 Å². The first-order valence-corrected chi connectivity index (χ1v) is 8.12. The molecule has 0 aromatic heterocycles. The molecular formula is C13H22OSi. The lowest BCUT2D eigenvalue weighted by atomic mass is 10.2. The molecule has 0 N–H and O–H groups in total. The van der Waals surface area contributed by atoms with Crippen molar-refractivity contribution in [2.24, 2.45) is 0 Å². The lowest BCUT2D eigenvalue weighted by Gasteiger charge is -2.14. The highest BCUT2D eigenvalue weighted by molar-refractivity contribution is 6.51. The average Bonchev–Trinajstić information content (AvgIpc) is 2.31. The van der Waals surface area contributed by atoms with Gasteiger partial charge in [-0.25, -0.2) is 0 Å². The van der Waals surface area contributed by atoms with Crippen molar-refractivity contribution in [3.05, 3.63) is 35.9 Å². The summed E-state index contributed by atoms with van der Waals surface area (Å²) in [6, 6.07) is 13.1. The third-order valence-corrected chi connectivity index (χ3v) is 5.26. The van der Waals surface area contributed by atoms with Crippen LogP contribution in [-0.4, -0.2) is 9.04 Å². The number of unbranched alkanes of at least 4 members (excludes halogenated alkanes) is 1. The number of hydrogen-bond acceptors (Lipinski definition) is 1. The monoisotopic (exact) mass is 222 g/mol. The normalized spacial score (nSPS) is 12.7. The van der Waals surface area contributed by atoms with Gasteiger partial charge in [0.05, 0.1) is 6.61 Å². The highest BCUT2D eigenvalue weighted by Gasteiger charge is 2.08. The molecule has 0 aliphatic heterocycles. The topological polar surface area (TPSA) is 9.23 Å². The second kappa shape index (κ2) is 7.66. The van der Waals surface area contributed by atoms with Gasteiger partial charge in [0.25, 0.3) is 0 Å². The molecule has 15 heavy (non-hydrogen) atoms. The maximum absolute atomic E-state index is 6.02. The van der Waals surface area contributed by atoms with Gasteiger partial charge >= 0.3 is 0 Å². The Morgan fingerprint density at radius 3 is 2.47 bits per heavy atom. The van der Waals surface area contributed by atoms with Crippen molar-refractivity contribution in [3.8, 4) is 0 Å². The van der Waals surface area contributed by atoms with Gasteiger partial charge in [0.2, 0.25) is 0 Å². The maximum Gasteiger partial charge on any atom is 0.177 e. The highest BCUT2D eigenvalue weighted by Crippen LogP contribution is 2.10. The molecule has 1 nitrogen and oxygen atoms in total. The van der Waals surface area contributed by atoms with Crippen LogP contribution in [0.25, 0.3) is 0 Å². The van der Waals surface area contributed by atoms with Gasteiger partial charge in [0, 0.05) is 0 Å². The van der Waals surface area contributed by atoms with E-state index in [1.165, 1.54) is 30.5 Å². The van der Waals surface area contributed by atoms with E-state index >= 15 is 0 Å². The van der Waals surface area contributed by atoms with E-state index in [0.29, 0.717) is 0 Å². The SMILES string of the molecule is CCCC[SiH](CC)OCc1ccccc1. The zero-order chi connectivity index (χ0) is 10.9. The minimum absolute atomic E-state index is 0.815. The quantitative estimate of drug-likeness (QED) is 0.639. The number of benzene rings is 1. The number of rotatable bonds is 7. The van der Waals surface area contributed by atoms with Crippen LogP contribution in [0.15, 0.2) is 30.3 Å². The van der Waals surface area contributed by atoms with E-state index in [1.54, 1.807) is 0 Å². The smallest absolute Gasteiger partial charge is 0.177 e. The fourth-order valence-corrected chi connectivity index (χ4v) is 3.73. The average molecular weight is 222 g/mol. The molecule has 0 aliphatic carbocycles. The van der Waals surface area contributed by atoms with Crippen molar-refractivity contribution in [1.29, 1.82) is 0 Å². The van der Waals surface area contributed by atoms with Gasteiger partial charge in [-0.15, -0.1) is 0 Å². The van der Waals surface area contributed by atoms with Crippen molar-refractivity contribution in [1.82, 2.24) is 0 Å². The first-order chi connectivity index (χ1) is 7.36. The Bertz CT molecular complexity index is 248. The Labute approximate surface area is 95.2 Å². The van der Waals surface area contributed by atoms with Crippen LogP contribution in [0, 0.1) is 0 Å². The van der Waals surface area contributed by atoms with Crippen LogP contribution < -0.4 is 0 Å². The lowest BCUT2D eigenvalue weighted by molar-refractivity contribution is 0.306. The molecule has 1 aromatic carbocycles. The first kappa shape index (κ1) is 12.5. The van der Waals surface area contributed by atoms with Gasteiger partial charge in [-0.05, 0) is 17.7 Å². The molecule has 1 rings (SSSR count). The molecule has 0 spiro atoms. The fraction of sp³-hybridized carbons (Fsp3) is 0.538. The molecule has 0 amide bonds.